The number of aryl methyl sites for hydroxylation is 2. The van der Waals surface area contributed by atoms with Gasteiger partial charge in [-0.1, -0.05) is 38.0 Å². The number of methoxy groups -OCH3 is 2. The molecule has 0 aliphatic heterocycles. The van der Waals surface area contributed by atoms with Crippen molar-refractivity contribution < 1.29 is 9.47 Å². The first-order chi connectivity index (χ1) is 13.8. The third kappa shape index (κ3) is 4.75. The van der Waals surface area contributed by atoms with Crippen LogP contribution in [0.4, 0.5) is 0 Å². The van der Waals surface area contributed by atoms with Crippen molar-refractivity contribution in [3.8, 4) is 22.8 Å². The molecule has 0 fully saturated rings. The van der Waals surface area contributed by atoms with Gasteiger partial charge >= 0.3 is 0 Å². The molecule has 0 saturated carbocycles. The number of benzene rings is 2. The van der Waals surface area contributed by atoms with E-state index in [9.17, 15) is 0 Å². The summed E-state index contributed by atoms with van der Waals surface area (Å²) in [5.74, 6) is 1.82. The lowest BCUT2D eigenvalue weighted by molar-refractivity contribution is 0.408. The third-order valence-electron chi connectivity index (χ3n) is 5.14. The second-order valence-electron chi connectivity index (χ2n) is 6.98. The molecule has 0 amide bonds. The topological polar surface area (TPSA) is 36.3 Å². The standard InChI is InChI=1S/C24H30N2O2/c1-4-5-6-10-22-24(20-12-14-21(27-2)15-13-20)25-18-26(22)17-16-19-9-7-8-11-23(19)28-3/h7-9,11-15,18H,4-6,10,16-17H2,1-3H3. The van der Waals surface area contributed by atoms with Gasteiger partial charge in [-0.25, -0.2) is 4.98 Å². The van der Waals surface area contributed by atoms with E-state index in [1.165, 1.54) is 30.5 Å². The molecule has 0 bridgehead atoms. The molecule has 28 heavy (non-hydrogen) atoms. The molecule has 0 unspecified atom stereocenters. The molecule has 0 spiro atoms. The second-order valence-corrected chi connectivity index (χ2v) is 6.98. The molecule has 0 aliphatic carbocycles. The maximum atomic E-state index is 5.50. The average Bonchev–Trinajstić information content (AvgIpc) is 3.15. The van der Waals surface area contributed by atoms with Gasteiger partial charge in [0.2, 0.25) is 0 Å². The van der Waals surface area contributed by atoms with Crippen molar-refractivity contribution in [1.82, 2.24) is 9.55 Å². The summed E-state index contributed by atoms with van der Waals surface area (Å²) < 4.78 is 13.1. The molecule has 1 heterocycles. The summed E-state index contributed by atoms with van der Waals surface area (Å²) in [6, 6.07) is 16.4. The highest BCUT2D eigenvalue weighted by Gasteiger charge is 2.13. The minimum atomic E-state index is 0.867. The number of imidazole rings is 1. The number of hydrogen-bond acceptors (Lipinski definition) is 3. The Balaban J connectivity index is 1.84. The highest BCUT2D eigenvalue weighted by Crippen LogP contribution is 2.27. The SMILES string of the molecule is CCCCCc1c(-c2ccc(OC)cc2)ncn1CCc1ccccc1OC. The van der Waals surface area contributed by atoms with Gasteiger partial charge in [0.15, 0.2) is 0 Å². The zero-order chi connectivity index (χ0) is 19.8. The van der Waals surface area contributed by atoms with Gasteiger partial charge in [0, 0.05) is 17.8 Å². The molecule has 4 nitrogen and oxygen atoms in total. The first-order valence-electron chi connectivity index (χ1n) is 10.1. The molecule has 0 saturated heterocycles. The Kier molecular flexibility index (Phi) is 7.12. The molecule has 0 aliphatic rings. The van der Waals surface area contributed by atoms with Crippen LogP contribution in [0, 0.1) is 0 Å². The monoisotopic (exact) mass is 378 g/mol. The first-order valence-corrected chi connectivity index (χ1v) is 10.1. The van der Waals surface area contributed by atoms with E-state index in [2.05, 4.69) is 35.8 Å². The summed E-state index contributed by atoms with van der Waals surface area (Å²) in [5.41, 5.74) is 4.76. The van der Waals surface area contributed by atoms with Gasteiger partial charge in [0.05, 0.1) is 26.2 Å². The van der Waals surface area contributed by atoms with Crippen LogP contribution in [0.5, 0.6) is 11.5 Å². The van der Waals surface area contributed by atoms with E-state index in [0.717, 1.165) is 42.1 Å². The number of aromatic nitrogens is 2. The maximum Gasteiger partial charge on any atom is 0.122 e. The number of unbranched alkanes of at least 4 members (excludes halogenated alkanes) is 2. The molecule has 148 valence electrons. The molecule has 3 rings (SSSR count). The minimum absolute atomic E-state index is 0.867. The summed E-state index contributed by atoms with van der Waals surface area (Å²) >= 11 is 0. The summed E-state index contributed by atoms with van der Waals surface area (Å²) in [6.45, 7) is 3.13. The quantitative estimate of drug-likeness (QED) is 0.434. The van der Waals surface area contributed by atoms with Crippen LogP contribution in [0.2, 0.25) is 0 Å². The van der Waals surface area contributed by atoms with E-state index in [4.69, 9.17) is 14.5 Å². The molecule has 0 atom stereocenters. The van der Waals surface area contributed by atoms with E-state index in [-0.39, 0.29) is 0 Å². The molecule has 0 radical (unpaired) electrons. The van der Waals surface area contributed by atoms with Crippen molar-refractivity contribution in [1.29, 1.82) is 0 Å². The van der Waals surface area contributed by atoms with Crippen molar-refractivity contribution in [2.75, 3.05) is 14.2 Å². The summed E-state index contributed by atoms with van der Waals surface area (Å²) in [4.78, 5) is 4.77. The lowest BCUT2D eigenvalue weighted by Gasteiger charge is -2.12. The van der Waals surface area contributed by atoms with Crippen molar-refractivity contribution in [2.24, 2.45) is 0 Å². The highest BCUT2D eigenvalue weighted by atomic mass is 16.5. The van der Waals surface area contributed by atoms with Crippen LogP contribution in [0.25, 0.3) is 11.3 Å². The number of rotatable bonds is 10. The predicted octanol–water partition coefficient (Wildman–Crippen LogP) is 5.54. The van der Waals surface area contributed by atoms with E-state index in [0.29, 0.717) is 0 Å². The second kappa shape index (κ2) is 9.98. The zero-order valence-corrected chi connectivity index (χ0v) is 17.1. The summed E-state index contributed by atoms with van der Waals surface area (Å²) in [6.07, 6.45) is 7.58. The van der Waals surface area contributed by atoms with Gasteiger partial charge in [-0.3, -0.25) is 0 Å². The Morgan fingerprint density at radius 2 is 1.68 bits per heavy atom. The molecular weight excluding hydrogens is 348 g/mol. The van der Waals surface area contributed by atoms with E-state index in [1.807, 2.05) is 30.6 Å². The number of para-hydroxylation sites is 1. The third-order valence-corrected chi connectivity index (χ3v) is 5.14. The van der Waals surface area contributed by atoms with Crippen LogP contribution in [0.15, 0.2) is 54.9 Å². The summed E-state index contributed by atoms with van der Waals surface area (Å²) in [5, 5.41) is 0. The fraction of sp³-hybridized carbons (Fsp3) is 0.375. The van der Waals surface area contributed by atoms with Gasteiger partial charge < -0.3 is 14.0 Å². The highest BCUT2D eigenvalue weighted by molar-refractivity contribution is 5.63. The zero-order valence-electron chi connectivity index (χ0n) is 17.1. The normalized spacial score (nSPS) is 10.8. The maximum absolute atomic E-state index is 5.50. The van der Waals surface area contributed by atoms with Crippen LogP contribution in [0.3, 0.4) is 0 Å². The fourth-order valence-electron chi connectivity index (χ4n) is 3.55. The van der Waals surface area contributed by atoms with Crippen LogP contribution in [-0.4, -0.2) is 23.8 Å². The smallest absolute Gasteiger partial charge is 0.122 e. The van der Waals surface area contributed by atoms with Gasteiger partial charge in [-0.05, 0) is 55.2 Å². The van der Waals surface area contributed by atoms with Crippen LogP contribution in [0.1, 0.15) is 37.4 Å². The number of ether oxygens (including phenoxy) is 2. The molecule has 2 aromatic carbocycles. The van der Waals surface area contributed by atoms with Crippen LogP contribution < -0.4 is 9.47 Å². The Labute approximate surface area is 168 Å². The number of nitrogens with zero attached hydrogens (tertiary/aromatic N) is 2. The van der Waals surface area contributed by atoms with E-state index >= 15 is 0 Å². The fourth-order valence-corrected chi connectivity index (χ4v) is 3.55. The molecule has 0 N–H and O–H groups in total. The predicted molar refractivity (Wildman–Crippen MR) is 114 cm³/mol. The van der Waals surface area contributed by atoms with Crippen molar-refractivity contribution >= 4 is 0 Å². The van der Waals surface area contributed by atoms with E-state index < -0.39 is 0 Å². The van der Waals surface area contributed by atoms with Gasteiger partial charge in [-0.15, -0.1) is 0 Å². The molecule has 1 aromatic heterocycles. The Morgan fingerprint density at radius 1 is 0.893 bits per heavy atom. The van der Waals surface area contributed by atoms with Gasteiger partial charge in [0.25, 0.3) is 0 Å². The molecule has 3 aromatic rings. The summed E-state index contributed by atoms with van der Waals surface area (Å²) in [7, 11) is 3.42. The Hall–Kier alpha value is -2.75. The lowest BCUT2D eigenvalue weighted by atomic mass is 10.1. The Bertz CT molecular complexity index is 869. The van der Waals surface area contributed by atoms with Crippen molar-refractivity contribution in [2.45, 2.75) is 45.6 Å². The number of hydrogen-bond donors (Lipinski definition) is 0. The largest absolute Gasteiger partial charge is 0.497 e. The average molecular weight is 379 g/mol. The van der Waals surface area contributed by atoms with Crippen LogP contribution in [-0.2, 0) is 19.4 Å². The van der Waals surface area contributed by atoms with Gasteiger partial charge in [-0.2, -0.15) is 0 Å². The van der Waals surface area contributed by atoms with Crippen molar-refractivity contribution in [3.63, 3.8) is 0 Å². The molecule has 4 heteroatoms. The Morgan fingerprint density at radius 3 is 2.39 bits per heavy atom. The minimum Gasteiger partial charge on any atom is -0.497 e. The van der Waals surface area contributed by atoms with Crippen molar-refractivity contribution in [3.05, 3.63) is 66.1 Å². The van der Waals surface area contributed by atoms with Crippen LogP contribution >= 0.6 is 0 Å². The first kappa shape index (κ1) is 20.0. The lowest BCUT2D eigenvalue weighted by Crippen LogP contribution is -2.06. The molecular formula is C24H30N2O2. The van der Waals surface area contributed by atoms with E-state index in [1.54, 1.807) is 14.2 Å². The van der Waals surface area contributed by atoms with Gasteiger partial charge in [0.1, 0.15) is 11.5 Å².